The molecule has 10 aromatic carbocycles. The molecule has 0 amide bonds. The minimum Gasteiger partial charge on any atom is -0.0905 e. The molecule has 0 N–H and O–H groups in total. The van der Waals surface area contributed by atoms with E-state index in [0.29, 0.717) is 0 Å². The SMILES string of the molecule is C=C(c1ccccc1)c1cc(-c2cccc(-c3ccc(C(Cc4cccc5ccccc45)c4ccc5c(c4)C(C4=CCCC=C4)(c4ccccc4)c4ccccc4-5)cc3)c2)ccc1-c1ccccc1C. The third kappa shape index (κ3) is 7.58. The van der Waals surface area contributed by atoms with Crippen LogP contribution >= 0.6 is 0 Å². The fourth-order valence-electron chi connectivity index (χ4n) is 11.7. The van der Waals surface area contributed by atoms with Crippen molar-refractivity contribution in [2.24, 2.45) is 0 Å². The average molecular weight is 895 g/mol. The van der Waals surface area contributed by atoms with Crippen LogP contribution in [0.4, 0.5) is 0 Å². The Labute approximate surface area is 413 Å². The van der Waals surface area contributed by atoms with Gasteiger partial charge in [-0.1, -0.05) is 249 Å². The molecule has 0 aromatic heterocycles. The van der Waals surface area contributed by atoms with Crippen molar-refractivity contribution in [2.45, 2.75) is 37.5 Å². The van der Waals surface area contributed by atoms with E-state index < -0.39 is 5.41 Å². The van der Waals surface area contributed by atoms with Crippen LogP contribution in [0.3, 0.4) is 0 Å². The molecule has 0 bridgehead atoms. The molecular weight excluding hydrogens is 841 g/mol. The summed E-state index contributed by atoms with van der Waals surface area (Å²) in [5.74, 6) is 0.104. The molecule has 0 radical (unpaired) electrons. The molecule has 334 valence electrons. The maximum absolute atomic E-state index is 4.66. The first-order chi connectivity index (χ1) is 34.5. The molecule has 0 saturated heterocycles. The normalized spacial score (nSPS) is 15.2. The maximum Gasteiger partial charge on any atom is 0.0710 e. The standard InChI is InChI=1S/C70H54/c1-48-20-12-14-32-61(48)63-42-40-56(45-66(63)49(2)50-21-6-3-7-22-50)55-26-19-25-54(44-55)51-36-38-53(39-37-51)67(46-57-27-18-24-52-23-13-15-33-62(52)57)58-41-43-65-64-34-16-17-35-68(64)70(69(65)47-58,59-28-8-4-9-29-59)60-30-10-5-11-31-60/h3-4,6-10,12-45,47,67H,2,5,11,46H2,1H3. The summed E-state index contributed by atoms with van der Waals surface area (Å²) in [5.41, 5.74) is 23.3. The van der Waals surface area contributed by atoms with E-state index in [4.69, 9.17) is 0 Å². The van der Waals surface area contributed by atoms with Gasteiger partial charge >= 0.3 is 0 Å². The van der Waals surface area contributed by atoms with E-state index in [9.17, 15) is 0 Å². The van der Waals surface area contributed by atoms with Gasteiger partial charge < -0.3 is 0 Å². The Hall–Kier alpha value is -8.32. The summed E-state index contributed by atoms with van der Waals surface area (Å²) in [6.07, 6.45) is 10.3. The van der Waals surface area contributed by atoms with Crippen molar-refractivity contribution in [3.63, 3.8) is 0 Å². The van der Waals surface area contributed by atoms with Crippen LogP contribution in [0.5, 0.6) is 0 Å². The van der Waals surface area contributed by atoms with Crippen LogP contribution < -0.4 is 0 Å². The summed E-state index contributed by atoms with van der Waals surface area (Å²) in [6, 6.07) is 87.9. The van der Waals surface area contributed by atoms with Crippen molar-refractivity contribution in [1.82, 2.24) is 0 Å². The van der Waals surface area contributed by atoms with Gasteiger partial charge in [0.2, 0.25) is 0 Å². The lowest BCUT2D eigenvalue weighted by atomic mass is 9.65. The highest BCUT2D eigenvalue weighted by Crippen LogP contribution is 2.58. The quantitative estimate of drug-likeness (QED) is 0.121. The molecule has 0 aliphatic heterocycles. The molecule has 10 aromatic rings. The minimum atomic E-state index is -0.421. The van der Waals surface area contributed by atoms with Crippen molar-refractivity contribution in [3.05, 3.63) is 317 Å². The van der Waals surface area contributed by atoms with Crippen LogP contribution in [0.15, 0.2) is 267 Å². The van der Waals surface area contributed by atoms with Crippen molar-refractivity contribution >= 4 is 16.3 Å². The van der Waals surface area contributed by atoms with E-state index in [-0.39, 0.29) is 5.92 Å². The summed E-state index contributed by atoms with van der Waals surface area (Å²) in [5, 5.41) is 2.59. The zero-order valence-corrected chi connectivity index (χ0v) is 39.7. The van der Waals surface area contributed by atoms with Gasteiger partial charge in [-0.2, -0.15) is 0 Å². The van der Waals surface area contributed by atoms with Gasteiger partial charge in [0.1, 0.15) is 0 Å². The number of hydrogen-bond acceptors (Lipinski definition) is 0. The number of rotatable bonds is 11. The Morgan fingerprint density at radius 1 is 0.486 bits per heavy atom. The second kappa shape index (κ2) is 18.3. The molecule has 0 heterocycles. The van der Waals surface area contributed by atoms with E-state index in [2.05, 4.69) is 268 Å². The fourth-order valence-corrected chi connectivity index (χ4v) is 11.7. The van der Waals surface area contributed by atoms with Crippen LogP contribution in [0.2, 0.25) is 0 Å². The van der Waals surface area contributed by atoms with Gasteiger partial charge in [0.15, 0.2) is 0 Å². The molecule has 2 aliphatic rings. The molecule has 0 saturated carbocycles. The number of aryl methyl sites for hydroxylation is 1. The van der Waals surface area contributed by atoms with Crippen LogP contribution in [-0.4, -0.2) is 0 Å². The summed E-state index contributed by atoms with van der Waals surface area (Å²) in [4.78, 5) is 0. The molecule has 2 atom stereocenters. The second-order valence-corrected chi connectivity index (χ2v) is 19.1. The molecule has 2 unspecified atom stereocenters. The third-order valence-corrected chi connectivity index (χ3v) is 15.2. The number of hydrogen-bond donors (Lipinski definition) is 0. The Bertz CT molecular complexity index is 3640. The highest BCUT2D eigenvalue weighted by atomic mass is 14.5. The van der Waals surface area contributed by atoms with E-state index in [1.165, 1.54) is 99.8 Å². The van der Waals surface area contributed by atoms with Crippen molar-refractivity contribution in [2.75, 3.05) is 0 Å². The lowest BCUT2D eigenvalue weighted by molar-refractivity contribution is 0.743. The number of allylic oxidation sites excluding steroid dienone is 4. The lowest BCUT2D eigenvalue weighted by Gasteiger charge is -2.36. The van der Waals surface area contributed by atoms with Gasteiger partial charge in [0, 0.05) is 5.92 Å². The summed E-state index contributed by atoms with van der Waals surface area (Å²) < 4.78 is 0. The summed E-state index contributed by atoms with van der Waals surface area (Å²) in [7, 11) is 0. The highest BCUT2D eigenvalue weighted by molar-refractivity contribution is 5.92. The summed E-state index contributed by atoms with van der Waals surface area (Å²) >= 11 is 0. The van der Waals surface area contributed by atoms with E-state index in [1.54, 1.807) is 0 Å². The lowest BCUT2D eigenvalue weighted by Crippen LogP contribution is -2.29. The van der Waals surface area contributed by atoms with E-state index in [1.807, 2.05) is 0 Å². The topological polar surface area (TPSA) is 0 Å². The Morgan fingerprint density at radius 3 is 1.91 bits per heavy atom. The number of fused-ring (bicyclic) bond motifs is 4. The molecule has 0 heteroatoms. The van der Waals surface area contributed by atoms with Crippen LogP contribution in [0.1, 0.15) is 68.8 Å². The van der Waals surface area contributed by atoms with Gasteiger partial charge in [0.25, 0.3) is 0 Å². The molecule has 70 heavy (non-hydrogen) atoms. The van der Waals surface area contributed by atoms with E-state index in [0.717, 1.165) is 36.0 Å². The monoisotopic (exact) mass is 894 g/mol. The Kier molecular flexibility index (Phi) is 11.2. The van der Waals surface area contributed by atoms with E-state index >= 15 is 0 Å². The zero-order valence-electron chi connectivity index (χ0n) is 39.7. The highest BCUT2D eigenvalue weighted by Gasteiger charge is 2.47. The predicted molar refractivity (Wildman–Crippen MR) is 296 cm³/mol. The maximum atomic E-state index is 4.66. The van der Waals surface area contributed by atoms with Gasteiger partial charge in [-0.15, -0.1) is 0 Å². The largest absolute Gasteiger partial charge is 0.0905 e. The van der Waals surface area contributed by atoms with Crippen molar-refractivity contribution < 1.29 is 0 Å². The second-order valence-electron chi connectivity index (χ2n) is 19.1. The fraction of sp³-hybridized carbons (Fsp3) is 0.0857. The molecular formula is C70H54. The van der Waals surface area contributed by atoms with Crippen molar-refractivity contribution in [3.8, 4) is 44.5 Å². The molecule has 0 spiro atoms. The van der Waals surface area contributed by atoms with Crippen LogP contribution in [0, 0.1) is 6.92 Å². The van der Waals surface area contributed by atoms with Crippen LogP contribution in [-0.2, 0) is 11.8 Å². The average Bonchev–Trinajstić information content (AvgIpc) is 3.73. The van der Waals surface area contributed by atoms with Gasteiger partial charge in [0.05, 0.1) is 5.41 Å². The predicted octanol–water partition coefficient (Wildman–Crippen LogP) is 18.2. The Morgan fingerprint density at radius 2 is 1.11 bits per heavy atom. The zero-order chi connectivity index (χ0) is 47.0. The molecule has 12 rings (SSSR count). The third-order valence-electron chi connectivity index (χ3n) is 15.2. The minimum absolute atomic E-state index is 0.104. The molecule has 0 nitrogen and oxygen atoms in total. The first-order valence-corrected chi connectivity index (χ1v) is 24.8. The summed E-state index contributed by atoms with van der Waals surface area (Å²) in [6.45, 7) is 6.85. The first kappa shape index (κ1) is 43.0. The Balaban J connectivity index is 0.957. The van der Waals surface area contributed by atoms with Gasteiger partial charge in [-0.25, -0.2) is 0 Å². The van der Waals surface area contributed by atoms with Gasteiger partial charge in [-0.3, -0.25) is 0 Å². The molecule has 2 aliphatic carbocycles. The van der Waals surface area contributed by atoms with Crippen molar-refractivity contribution in [1.29, 1.82) is 0 Å². The first-order valence-electron chi connectivity index (χ1n) is 24.8. The van der Waals surface area contributed by atoms with Crippen LogP contribution in [0.25, 0.3) is 60.9 Å². The number of benzene rings is 10. The smallest absolute Gasteiger partial charge is 0.0710 e. The molecule has 0 fully saturated rings. The van der Waals surface area contributed by atoms with Gasteiger partial charge in [-0.05, 0) is 155 Å².